The van der Waals surface area contributed by atoms with Crippen molar-refractivity contribution < 1.29 is 150 Å². The summed E-state index contributed by atoms with van der Waals surface area (Å²) in [7, 11) is -9.40. The van der Waals surface area contributed by atoms with Crippen molar-refractivity contribution in [3.8, 4) is 0 Å². The minimum atomic E-state index is -4.71. The predicted octanol–water partition coefficient (Wildman–Crippen LogP) is -5.24. The van der Waals surface area contributed by atoms with Crippen molar-refractivity contribution in [3.05, 3.63) is 132 Å². The fraction of sp³-hybridized carbons (Fsp3) is 0.325. The molecule has 3 aromatic carbocycles. The summed E-state index contributed by atoms with van der Waals surface area (Å²) in [6.45, 7) is 11.7. The molecule has 3 aromatic rings. The standard InChI is InChI=1S/C40H47N2O6PS.4Na/c1-6-7-26-41-35-21-12-11-20-33(35)39(2,3)37(41)22-13-18-31(30-16-9-8-10-17-30)19-14-23-38-40(4,5)34-29-32(50(46,47)48)24-25-36(34)42(38)27-15-28-49(43,44)45;;;;/h8-10,12-14,16-25,29H,6-7,15,26-28H2,1-5H3,(H2,43,44,45)(H,46,47,48);;;;/q;4*+1/p-3. The van der Waals surface area contributed by atoms with Gasteiger partial charge >= 0.3 is 118 Å². The van der Waals surface area contributed by atoms with Crippen molar-refractivity contribution in [2.24, 2.45) is 0 Å². The molecule has 264 valence electrons. The number of anilines is 1. The van der Waals surface area contributed by atoms with Gasteiger partial charge in [-0.2, -0.15) is 18.2 Å². The van der Waals surface area contributed by atoms with Gasteiger partial charge in [0.15, 0.2) is 5.71 Å². The van der Waals surface area contributed by atoms with Crippen LogP contribution in [0.25, 0.3) is 5.57 Å². The number of hydrogen-bond acceptors (Lipinski definition) is 7. The van der Waals surface area contributed by atoms with Crippen molar-refractivity contribution in [2.75, 3.05) is 24.2 Å². The van der Waals surface area contributed by atoms with E-state index in [0.29, 0.717) is 11.3 Å². The molecule has 0 N–H and O–H groups in total. The van der Waals surface area contributed by atoms with E-state index < -0.39 is 29.3 Å². The second-order valence-corrected chi connectivity index (χ2v) is 16.9. The van der Waals surface area contributed by atoms with E-state index in [2.05, 4.69) is 61.8 Å². The number of unbranched alkanes of at least 4 members (excludes halogenated alkanes) is 1. The Morgan fingerprint density at radius 1 is 0.926 bits per heavy atom. The number of fused-ring (bicyclic) bond motifs is 2. The number of benzene rings is 3. The first kappa shape index (κ1) is 52.2. The van der Waals surface area contributed by atoms with Crippen molar-refractivity contribution in [2.45, 2.75) is 69.6 Å². The van der Waals surface area contributed by atoms with Crippen LogP contribution in [0.15, 0.2) is 114 Å². The first-order chi connectivity index (χ1) is 23.6. The third-order valence-electron chi connectivity index (χ3n) is 9.60. The molecule has 0 spiro atoms. The third kappa shape index (κ3) is 12.3. The largest absolute Gasteiger partial charge is 1.00 e. The average molecular weight is 804 g/mol. The van der Waals surface area contributed by atoms with Gasteiger partial charge in [0.1, 0.15) is 22.4 Å². The van der Waals surface area contributed by atoms with Crippen molar-refractivity contribution in [1.29, 1.82) is 0 Å². The molecule has 0 radical (unpaired) electrons. The number of allylic oxidation sites excluding steroid dienone is 8. The Labute approximate surface area is 410 Å². The van der Waals surface area contributed by atoms with Crippen LogP contribution in [-0.2, 0) is 25.5 Å². The molecule has 54 heavy (non-hydrogen) atoms. The molecule has 0 aliphatic carbocycles. The Hall–Kier alpha value is 0.150. The van der Waals surface area contributed by atoms with Crippen LogP contribution in [-0.4, -0.2) is 42.5 Å². The van der Waals surface area contributed by atoms with E-state index in [9.17, 15) is 27.3 Å². The van der Waals surface area contributed by atoms with Crippen LogP contribution in [0.4, 0.5) is 11.4 Å². The Morgan fingerprint density at radius 3 is 2.24 bits per heavy atom. The van der Waals surface area contributed by atoms with Gasteiger partial charge in [-0.1, -0.05) is 109 Å². The molecular formula is C40H44N2Na4O6PS+. The molecule has 8 nitrogen and oxygen atoms in total. The van der Waals surface area contributed by atoms with Crippen LogP contribution >= 0.6 is 7.60 Å². The van der Waals surface area contributed by atoms with Gasteiger partial charge in [0.25, 0.3) is 0 Å². The molecule has 2 aliphatic rings. The summed E-state index contributed by atoms with van der Waals surface area (Å²) in [5.41, 5.74) is 6.83. The first-order valence-electron chi connectivity index (χ1n) is 16.9. The number of nitrogens with zero attached hydrogens (tertiary/aromatic N) is 2. The Kier molecular flexibility index (Phi) is 21.2. The summed E-state index contributed by atoms with van der Waals surface area (Å²) < 4.78 is 49.5. The Balaban J connectivity index is 0.00000364. The second-order valence-electron chi connectivity index (χ2n) is 13.8. The first-order valence-corrected chi connectivity index (χ1v) is 20.1. The van der Waals surface area contributed by atoms with Crippen molar-refractivity contribution in [1.82, 2.24) is 0 Å². The minimum absolute atomic E-state index is 0. The molecule has 0 unspecified atom stereocenters. The van der Waals surface area contributed by atoms with E-state index in [0.717, 1.165) is 36.2 Å². The van der Waals surface area contributed by atoms with Crippen LogP contribution < -0.4 is 133 Å². The summed E-state index contributed by atoms with van der Waals surface area (Å²) in [5, 5.41) is 0. The van der Waals surface area contributed by atoms with Gasteiger partial charge in [-0.05, 0) is 53.6 Å². The molecule has 0 bridgehead atoms. The fourth-order valence-electron chi connectivity index (χ4n) is 6.96. The molecule has 2 aliphatic heterocycles. The van der Waals surface area contributed by atoms with Crippen LogP contribution in [0.5, 0.6) is 0 Å². The van der Waals surface area contributed by atoms with Gasteiger partial charge in [-0.3, -0.25) is 0 Å². The third-order valence-corrected chi connectivity index (χ3v) is 11.3. The smallest absolute Gasteiger partial charge is 0.811 e. The summed E-state index contributed by atoms with van der Waals surface area (Å²) >= 11 is 0. The molecule has 5 rings (SSSR count). The van der Waals surface area contributed by atoms with Gasteiger partial charge in [-0.25, -0.2) is 13.0 Å². The van der Waals surface area contributed by atoms with E-state index in [1.54, 1.807) is 6.07 Å². The summed E-state index contributed by atoms with van der Waals surface area (Å²) in [6.07, 6.45) is 14.0. The summed E-state index contributed by atoms with van der Waals surface area (Å²) in [4.78, 5) is 24.4. The molecular weight excluding hydrogens is 759 g/mol. The van der Waals surface area contributed by atoms with E-state index in [1.807, 2.05) is 73.4 Å². The zero-order valence-electron chi connectivity index (χ0n) is 33.3. The molecule has 0 amide bonds. The number of hydrogen-bond donors (Lipinski definition) is 0. The molecule has 0 fully saturated rings. The Bertz CT molecular complexity index is 2070. The van der Waals surface area contributed by atoms with E-state index >= 15 is 0 Å². The SMILES string of the molecule is CCCC[N+]1=C(/C=C/C=C(/C=C/C=C2/N(CCCP(=O)([O-])[O-])c3ccc(S(=O)(=O)[O-])cc3C2(C)C)c2ccccc2)C(C)(C)c2c[c-]ccc21.[Na+].[Na+].[Na+].[Na+]. The summed E-state index contributed by atoms with van der Waals surface area (Å²) in [5.74, 6) is 0. The maximum atomic E-state index is 11.9. The fourth-order valence-corrected chi connectivity index (χ4v) is 7.98. The zero-order valence-corrected chi connectivity index (χ0v) is 43.0. The maximum absolute atomic E-state index is 11.9. The predicted molar refractivity (Wildman–Crippen MR) is 196 cm³/mol. The van der Waals surface area contributed by atoms with Gasteiger partial charge in [-0.15, -0.1) is 6.07 Å². The van der Waals surface area contributed by atoms with Crippen molar-refractivity contribution >= 4 is 40.4 Å². The zero-order chi connectivity index (χ0) is 36.3. The molecule has 0 saturated carbocycles. The monoisotopic (exact) mass is 803 g/mol. The molecule has 0 aromatic heterocycles. The average Bonchev–Trinajstić information content (AvgIpc) is 3.40. The van der Waals surface area contributed by atoms with E-state index in [4.69, 9.17) is 0 Å². The molecule has 0 atom stereocenters. The quantitative estimate of drug-likeness (QED) is 0.0423. The van der Waals surface area contributed by atoms with E-state index in [-0.39, 0.29) is 142 Å². The van der Waals surface area contributed by atoms with Crippen LogP contribution in [0.2, 0.25) is 0 Å². The maximum Gasteiger partial charge on any atom is 1.00 e. The van der Waals surface area contributed by atoms with Gasteiger partial charge < -0.3 is 23.8 Å². The Morgan fingerprint density at radius 2 is 1.61 bits per heavy atom. The van der Waals surface area contributed by atoms with Crippen LogP contribution in [0.3, 0.4) is 0 Å². The summed E-state index contributed by atoms with van der Waals surface area (Å²) in [6, 6.07) is 23.7. The van der Waals surface area contributed by atoms with Crippen molar-refractivity contribution in [3.63, 3.8) is 0 Å². The minimum Gasteiger partial charge on any atom is -0.811 e. The second kappa shape index (κ2) is 22.0. The van der Waals surface area contributed by atoms with Crippen LogP contribution in [0.1, 0.15) is 70.6 Å². The topological polar surface area (TPSA) is 127 Å². The van der Waals surface area contributed by atoms with Crippen LogP contribution in [0, 0.1) is 6.07 Å². The number of rotatable bonds is 13. The molecule has 2 heterocycles. The van der Waals surface area contributed by atoms with Gasteiger partial charge in [0.05, 0.1) is 4.90 Å². The van der Waals surface area contributed by atoms with Gasteiger partial charge in [0.2, 0.25) is 0 Å². The van der Waals surface area contributed by atoms with Gasteiger partial charge in [0, 0.05) is 41.3 Å². The van der Waals surface area contributed by atoms with E-state index in [1.165, 1.54) is 29.1 Å². The normalized spacial score (nSPS) is 16.8. The molecule has 14 heteroatoms. The molecule has 0 saturated heterocycles.